The second-order valence-corrected chi connectivity index (χ2v) is 9.10. The van der Waals surface area contributed by atoms with Crippen molar-refractivity contribution in [3.63, 3.8) is 0 Å². The molecule has 2 fully saturated rings. The predicted octanol–water partition coefficient (Wildman–Crippen LogP) is 2.51. The monoisotopic (exact) mass is 326 g/mol. The van der Waals surface area contributed by atoms with E-state index in [-0.39, 0.29) is 0 Å². The van der Waals surface area contributed by atoms with E-state index in [0.29, 0.717) is 4.75 Å². The molecule has 5 heteroatoms. The Kier molecular flexibility index (Phi) is 6.87. The van der Waals surface area contributed by atoms with Gasteiger partial charge in [-0.3, -0.25) is 4.99 Å². The summed E-state index contributed by atoms with van der Waals surface area (Å²) in [4.78, 5) is 9.82. The quantitative estimate of drug-likeness (QED) is 0.635. The molecule has 0 aromatic carbocycles. The Balaban J connectivity index is 1.84. The molecule has 1 N–H and O–H groups in total. The van der Waals surface area contributed by atoms with Crippen LogP contribution in [0.25, 0.3) is 0 Å². The molecule has 22 heavy (non-hydrogen) atoms. The molecule has 0 spiro atoms. The van der Waals surface area contributed by atoms with Crippen LogP contribution in [0.5, 0.6) is 0 Å². The molecule has 0 unspecified atom stereocenters. The van der Waals surface area contributed by atoms with Crippen LogP contribution in [0.1, 0.15) is 40.0 Å². The largest absolute Gasteiger partial charge is 0.357 e. The number of thioether (sulfide) groups is 1. The first-order chi connectivity index (χ1) is 10.5. The Morgan fingerprint density at radius 3 is 2.64 bits per heavy atom. The van der Waals surface area contributed by atoms with E-state index in [4.69, 9.17) is 4.99 Å². The van der Waals surface area contributed by atoms with Crippen LogP contribution in [0, 0.1) is 5.92 Å². The molecule has 2 heterocycles. The summed E-state index contributed by atoms with van der Waals surface area (Å²) in [7, 11) is 2.23. The number of hydrogen-bond donors (Lipinski definition) is 1. The Hall–Kier alpha value is -0.420. The SMILES string of the molecule is CCNC(=NCCC1CCN(C)CC1)N1CCSC(C)(C)C1. The third-order valence-electron chi connectivity index (χ3n) is 4.70. The lowest BCUT2D eigenvalue weighted by atomic mass is 9.94. The van der Waals surface area contributed by atoms with Gasteiger partial charge in [-0.2, -0.15) is 11.8 Å². The molecule has 0 radical (unpaired) electrons. The van der Waals surface area contributed by atoms with Crippen molar-refractivity contribution in [2.45, 2.75) is 44.8 Å². The van der Waals surface area contributed by atoms with Gasteiger partial charge in [-0.25, -0.2) is 0 Å². The average molecular weight is 327 g/mol. The lowest BCUT2D eigenvalue weighted by molar-refractivity contribution is 0.214. The van der Waals surface area contributed by atoms with Gasteiger partial charge < -0.3 is 15.1 Å². The van der Waals surface area contributed by atoms with Crippen LogP contribution in [0.4, 0.5) is 0 Å². The smallest absolute Gasteiger partial charge is 0.193 e. The van der Waals surface area contributed by atoms with Crippen molar-refractivity contribution in [3.05, 3.63) is 0 Å². The molecule has 0 aromatic heterocycles. The fraction of sp³-hybridized carbons (Fsp3) is 0.941. The van der Waals surface area contributed by atoms with Crippen LogP contribution < -0.4 is 5.32 Å². The molecule has 128 valence electrons. The number of rotatable bonds is 4. The number of aliphatic imine (C=N–C) groups is 1. The van der Waals surface area contributed by atoms with Gasteiger partial charge in [-0.05, 0) is 66.1 Å². The highest BCUT2D eigenvalue weighted by atomic mass is 32.2. The second-order valence-electron chi connectivity index (χ2n) is 7.30. The van der Waals surface area contributed by atoms with Crippen LogP contribution >= 0.6 is 11.8 Å². The molecule has 0 aromatic rings. The highest BCUT2D eigenvalue weighted by molar-refractivity contribution is 8.00. The average Bonchev–Trinajstić information content (AvgIpc) is 2.47. The highest BCUT2D eigenvalue weighted by Crippen LogP contribution is 2.29. The van der Waals surface area contributed by atoms with E-state index in [1.54, 1.807) is 0 Å². The Labute approximate surface area is 141 Å². The fourth-order valence-corrected chi connectivity index (χ4v) is 4.44. The van der Waals surface area contributed by atoms with Gasteiger partial charge in [0, 0.05) is 36.7 Å². The van der Waals surface area contributed by atoms with Crippen molar-refractivity contribution < 1.29 is 0 Å². The molecule has 0 aliphatic carbocycles. The van der Waals surface area contributed by atoms with Crippen molar-refractivity contribution in [2.75, 3.05) is 52.1 Å². The molecular formula is C17H34N4S. The third kappa shape index (κ3) is 5.65. The first-order valence-electron chi connectivity index (χ1n) is 8.86. The van der Waals surface area contributed by atoms with Crippen molar-refractivity contribution >= 4 is 17.7 Å². The summed E-state index contributed by atoms with van der Waals surface area (Å²) < 4.78 is 0.336. The molecule has 4 nitrogen and oxygen atoms in total. The molecular weight excluding hydrogens is 292 g/mol. The molecule has 2 aliphatic rings. The van der Waals surface area contributed by atoms with E-state index in [1.807, 2.05) is 0 Å². The number of nitrogens with zero attached hydrogens (tertiary/aromatic N) is 3. The molecule has 0 bridgehead atoms. The molecule has 2 aliphatic heterocycles. The standard InChI is InChI=1S/C17H34N4S/c1-5-18-16(21-12-13-22-17(2,3)14-21)19-9-6-15-7-10-20(4)11-8-15/h15H,5-14H2,1-4H3,(H,18,19). The predicted molar refractivity (Wildman–Crippen MR) is 98.9 cm³/mol. The maximum absolute atomic E-state index is 4.92. The molecule has 0 amide bonds. The minimum Gasteiger partial charge on any atom is -0.357 e. The maximum Gasteiger partial charge on any atom is 0.193 e. The van der Waals surface area contributed by atoms with Crippen molar-refractivity contribution in [1.29, 1.82) is 0 Å². The lowest BCUT2D eigenvalue weighted by Gasteiger charge is -2.39. The van der Waals surface area contributed by atoms with Gasteiger partial charge >= 0.3 is 0 Å². The van der Waals surface area contributed by atoms with E-state index >= 15 is 0 Å². The zero-order valence-electron chi connectivity index (χ0n) is 14.9. The molecule has 0 atom stereocenters. The molecule has 2 rings (SSSR count). The number of hydrogen-bond acceptors (Lipinski definition) is 3. The Bertz CT molecular complexity index is 362. The summed E-state index contributed by atoms with van der Waals surface area (Å²) in [6.45, 7) is 13.5. The van der Waals surface area contributed by atoms with E-state index in [2.05, 4.69) is 54.7 Å². The summed E-state index contributed by atoms with van der Waals surface area (Å²) in [6, 6.07) is 0. The summed E-state index contributed by atoms with van der Waals surface area (Å²) in [6.07, 6.45) is 3.93. The van der Waals surface area contributed by atoms with Crippen LogP contribution in [0.2, 0.25) is 0 Å². The van der Waals surface area contributed by atoms with Gasteiger partial charge in [0.1, 0.15) is 0 Å². The topological polar surface area (TPSA) is 30.9 Å². The second kappa shape index (κ2) is 8.44. The van der Waals surface area contributed by atoms with Crippen LogP contribution in [-0.2, 0) is 0 Å². The Morgan fingerprint density at radius 2 is 2.00 bits per heavy atom. The summed E-state index contributed by atoms with van der Waals surface area (Å²) >= 11 is 2.08. The highest BCUT2D eigenvalue weighted by Gasteiger charge is 2.28. The van der Waals surface area contributed by atoms with Gasteiger partial charge in [0.2, 0.25) is 0 Å². The van der Waals surface area contributed by atoms with E-state index in [1.165, 1.54) is 38.1 Å². The third-order valence-corrected chi connectivity index (χ3v) is 5.99. The molecule has 2 saturated heterocycles. The van der Waals surface area contributed by atoms with Crippen LogP contribution in [-0.4, -0.2) is 72.6 Å². The van der Waals surface area contributed by atoms with E-state index in [9.17, 15) is 0 Å². The van der Waals surface area contributed by atoms with Crippen molar-refractivity contribution in [1.82, 2.24) is 15.1 Å². The zero-order chi connectivity index (χ0) is 16.0. The summed E-state index contributed by atoms with van der Waals surface area (Å²) in [5.74, 6) is 3.20. The van der Waals surface area contributed by atoms with Gasteiger partial charge in [0.15, 0.2) is 5.96 Å². The minimum absolute atomic E-state index is 0.336. The first-order valence-corrected chi connectivity index (χ1v) is 9.84. The normalized spacial score (nSPS) is 24.5. The number of likely N-dealkylation sites (tertiary alicyclic amines) is 1. The van der Waals surface area contributed by atoms with Crippen molar-refractivity contribution in [3.8, 4) is 0 Å². The number of piperidine rings is 1. The fourth-order valence-electron chi connectivity index (χ4n) is 3.33. The lowest BCUT2D eigenvalue weighted by Crippen LogP contribution is -2.51. The Morgan fingerprint density at radius 1 is 1.27 bits per heavy atom. The van der Waals surface area contributed by atoms with E-state index < -0.39 is 0 Å². The van der Waals surface area contributed by atoms with Gasteiger partial charge in [0.05, 0.1) is 0 Å². The summed E-state index contributed by atoms with van der Waals surface area (Å²) in [5, 5.41) is 3.49. The molecule has 0 saturated carbocycles. The first kappa shape index (κ1) is 17.9. The number of guanidine groups is 1. The maximum atomic E-state index is 4.92. The number of nitrogens with one attached hydrogen (secondary N) is 1. The van der Waals surface area contributed by atoms with Crippen LogP contribution in [0.3, 0.4) is 0 Å². The van der Waals surface area contributed by atoms with Gasteiger partial charge in [-0.15, -0.1) is 0 Å². The minimum atomic E-state index is 0.336. The van der Waals surface area contributed by atoms with E-state index in [0.717, 1.165) is 38.1 Å². The summed E-state index contributed by atoms with van der Waals surface area (Å²) in [5.41, 5.74) is 0. The zero-order valence-corrected chi connectivity index (χ0v) is 15.7. The van der Waals surface area contributed by atoms with Crippen LogP contribution in [0.15, 0.2) is 4.99 Å². The van der Waals surface area contributed by atoms with Gasteiger partial charge in [-0.1, -0.05) is 0 Å². The van der Waals surface area contributed by atoms with Gasteiger partial charge in [0.25, 0.3) is 0 Å². The van der Waals surface area contributed by atoms with Crippen molar-refractivity contribution in [2.24, 2.45) is 10.9 Å².